The first-order chi connectivity index (χ1) is 10.2. The zero-order chi connectivity index (χ0) is 15.2. The van der Waals surface area contributed by atoms with Gasteiger partial charge in [-0.05, 0) is 43.9 Å². The normalized spacial score (nSPS) is 21.1. The second-order valence-corrected chi connectivity index (χ2v) is 5.56. The van der Waals surface area contributed by atoms with Crippen molar-refractivity contribution in [3.8, 4) is 11.8 Å². The molecule has 1 fully saturated rings. The molecule has 1 aromatic carbocycles. The van der Waals surface area contributed by atoms with E-state index in [-0.39, 0.29) is 12.5 Å². The van der Waals surface area contributed by atoms with Crippen molar-refractivity contribution in [2.45, 2.75) is 51.6 Å². The first-order valence-corrected chi connectivity index (χ1v) is 7.55. The maximum Gasteiger partial charge on any atom is 0.260 e. The van der Waals surface area contributed by atoms with Gasteiger partial charge in [0, 0.05) is 12.1 Å². The highest BCUT2D eigenvalue weighted by molar-refractivity contribution is 5.78. The summed E-state index contributed by atoms with van der Waals surface area (Å²) in [7, 11) is 0. The molecule has 4 heteroatoms. The Hall–Kier alpha value is -2.02. The van der Waals surface area contributed by atoms with Crippen molar-refractivity contribution in [3.63, 3.8) is 0 Å². The third kappa shape index (κ3) is 3.75. The number of rotatable bonds is 5. The van der Waals surface area contributed by atoms with Crippen LogP contribution >= 0.6 is 0 Å². The average Bonchev–Trinajstić information content (AvgIpc) is 2.87. The Labute approximate surface area is 126 Å². The van der Waals surface area contributed by atoms with Crippen LogP contribution in [0.4, 0.5) is 0 Å². The number of amides is 1. The molecule has 112 valence electrons. The molecule has 0 saturated carbocycles. The molecule has 1 aliphatic rings. The molecule has 1 saturated heterocycles. The van der Waals surface area contributed by atoms with Crippen LogP contribution in [0.15, 0.2) is 24.3 Å². The topological polar surface area (TPSA) is 53.3 Å². The van der Waals surface area contributed by atoms with E-state index in [0.29, 0.717) is 24.3 Å². The summed E-state index contributed by atoms with van der Waals surface area (Å²) in [4.78, 5) is 14.3. The van der Waals surface area contributed by atoms with E-state index in [1.807, 2.05) is 29.2 Å². The first-order valence-electron chi connectivity index (χ1n) is 7.55. The van der Waals surface area contributed by atoms with Crippen LogP contribution in [0.25, 0.3) is 0 Å². The van der Waals surface area contributed by atoms with Crippen molar-refractivity contribution in [1.82, 2.24) is 4.90 Å². The van der Waals surface area contributed by atoms with Crippen LogP contribution in [0.1, 0.15) is 38.7 Å². The van der Waals surface area contributed by atoms with Crippen LogP contribution in [0, 0.1) is 11.3 Å². The summed E-state index contributed by atoms with van der Waals surface area (Å²) in [6.07, 6.45) is 3.56. The fourth-order valence-electron chi connectivity index (χ4n) is 2.94. The lowest BCUT2D eigenvalue weighted by atomic mass is 10.1. The zero-order valence-corrected chi connectivity index (χ0v) is 12.7. The number of benzene rings is 1. The van der Waals surface area contributed by atoms with Crippen molar-refractivity contribution in [1.29, 1.82) is 5.26 Å². The van der Waals surface area contributed by atoms with Gasteiger partial charge in [0.15, 0.2) is 6.61 Å². The number of hydrogen-bond acceptors (Lipinski definition) is 3. The number of hydrogen-bond donors (Lipinski definition) is 0. The van der Waals surface area contributed by atoms with Gasteiger partial charge in [0.2, 0.25) is 0 Å². The number of ether oxygens (including phenoxy) is 1. The summed E-state index contributed by atoms with van der Waals surface area (Å²) >= 11 is 0. The number of carbonyl (C=O) groups is 1. The molecule has 0 unspecified atom stereocenters. The highest BCUT2D eigenvalue weighted by atomic mass is 16.5. The van der Waals surface area contributed by atoms with Gasteiger partial charge in [-0.15, -0.1) is 0 Å². The molecule has 1 aliphatic heterocycles. The molecule has 0 bridgehead atoms. The summed E-state index contributed by atoms with van der Waals surface area (Å²) in [6.45, 7) is 4.31. The van der Waals surface area contributed by atoms with Crippen molar-refractivity contribution < 1.29 is 9.53 Å². The van der Waals surface area contributed by atoms with Crippen LogP contribution < -0.4 is 4.74 Å². The van der Waals surface area contributed by atoms with Crippen molar-refractivity contribution in [2.75, 3.05) is 6.61 Å². The quantitative estimate of drug-likeness (QED) is 0.836. The number of likely N-dealkylation sites (tertiary alicyclic amines) is 1. The molecular formula is C17H22N2O2. The van der Waals surface area contributed by atoms with Gasteiger partial charge >= 0.3 is 0 Å². The molecule has 2 atom stereocenters. The first kappa shape index (κ1) is 15.4. The lowest BCUT2D eigenvalue weighted by molar-refractivity contribution is -0.136. The van der Waals surface area contributed by atoms with Crippen molar-refractivity contribution in [2.24, 2.45) is 0 Å². The molecular weight excluding hydrogens is 264 g/mol. The van der Waals surface area contributed by atoms with E-state index < -0.39 is 0 Å². The van der Waals surface area contributed by atoms with E-state index in [4.69, 9.17) is 10.00 Å². The van der Waals surface area contributed by atoms with Crippen molar-refractivity contribution >= 4 is 5.91 Å². The molecule has 4 nitrogen and oxygen atoms in total. The van der Waals surface area contributed by atoms with Gasteiger partial charge in [-0.25, -0.2) is 0 Å². The molecule has 0 radical (unpaired) electrons. The minimum Gasteiger partial charge on any atom is -0.484 e. The molecule has 1 aromatic rings. The van der Waals surface area contributed by atoms with Crippen LogP contribution in [-0.2, 0) is 11.2 Å². The number of nitriles is 1. The lowest BCUT2D eigenvalue weighted by Crippen LogP contribution is -2.42. The van der Waals surface area contributed by atoms with Gasteiger partial charge in [0.05, 0.1) is 12.5 Å². The minimum absolute atomic E-state index is 0.0629. The Bertz CT molecular complexity index is 519. The minimum atomic E-state index is 0.0629. The van der Waals surface area contributed by atoms with E-state index in [0.717, 1.165) is 24.8 Å². The smallest absolute Gasteiger partial charge is 0.260 e. The Balaban J connectivity index is 1.90. The number of nitrogens with zero attached hydrogens (tertiary/aromatic N) is 2. The standard InChI is InChI=1S/C17H22N2O2/c1-3-15-7-4-13(2)19(15)17(20)12-21-16-8-5-14(6-9-16)10-11-18/h5-6,8-9,13,15H,3-4,7,10,12H2,1-2H3/t13-,15+/m1/s1. The summed E-state index contributed by atoms with van der Waals surface area (Å²) in [5.74, 6) is 0.734. The maximum absolute atomic E-state index is 12.3. The predicted molar refractivity (Wildman–Crippen MR) is 80.9 cm³/mol. The molecule has 2 rings (SSSR count). The summed E-state index contributed by atoms with van der Waals surface area (Å²) in [6, 6.07) is 10.1. The van der Waals surface area contributed by atoms with E-state index in [1.165, 1.54) is 0 Å². The Kier molecular flexibility index (Phi) is 5.21. The van der Waals surface area contributed by atoms with Crippen LogP contribution in [-0.4, -0.2) is 29.5 Å². The van der Waals surface area contributed by atoms with E-state index >= 15 is 0 Å². The third-order valence-electron chi connectivity index (χ3n) is 4.11. The summed E-state index contributed by atoms with van der Waals surface area (Å²) in [5, 5.41) is 8.63. The fraction of sp³-hybridized carbons (Fsp3) is 0.529. The van der Waals surface area contributed by atoms with E-state index in [2.05, 4.69) is 19.9 Å². The second-order valence-electron chi connectivity index (χ2n) is 5.56. The van der Waals surface area contributed by atoms with Crippen LogP contribution in [0.2, 0.25) is 0 Å². The SMILES string of the molecule is CC[C@H]1CC[C@@H](C)N1C(=O)COc1ccc(CC#N)cc1. The van der Waals surface area contributed by atoms with Crippen LogP contribution in [0.5, 0.6) is 5.75 Å². The molecule has 1 amide bonds. The Morgan fingerprint density at radius 3 is 2.71 bits per heavy atom. The van der Waals surface area contributed by atoms with Crippen LogP contribution in [0.3, 0.4) is 0 Å². The summed E-state index contributed by atoms with van der Waals surface area (Å²) in [5.41, 5.74) is 0.954. The lowest BCUT2D eigenvalue weighted by Gasteiger charge is -2.27. The van der Waals surface area contributed by atoms with Gasteiger partial charge in [-0.1, -0.05) is 19.1 Å². The van der Waals surface area contributed by atoms with Gasteiger partial charge in [0.1, 0.15) is 5.75 Å². The third-order valence-corrected chi connectivity index (χ3v) is 4.11. The van der Waals surface area contributed by atoms with Gasteiger partial charge in [-0.3, -0.25) is 4.79 Å². The monoisotopic (exact) mass is 286 g/mol. The molecule has 0 aromatic heterocycles. The summed E-state index contributed by atoms with van der Waals surface area (Å²) < 4.78 is 5.58. The predicted octanol–water partition coefficient (Wildman–Crippen LogP) is 2.92. The van der Waals surface area contributed by atoms with E-state index in [9.17, 15) is 4.79 Å². The Morgan fingerprint density at radius 1 is 1.38 bits per heavy atom. The largest absolute Gasteiger partial charge is 0.484 e. The highest BCUT2D eigenvalue weighted by Gasteiger charge is 2.33. The zero-order valence-electron chi connectivity index (χ0n) is 12.7. The molecule has 0 spiro atoms. The molecule has 0 aliphatic carbocycles. The molecule has 0 N–H and O–H groups in total. The molecule has 21 heavy (non-hydrogen) atoms. The second kappa shape index (κ2) is 7.12. The van der Waals surface area contributed by atoms with Gasteiger partial charge in [-0.2, -0.15) is 5.26 Å². The maximum atomic E-state index is 12.3. The fourth-order valence-corrected chi connectivity index (χ4v) is 2.94. The number of carbonyl (C=O) groups excluding carboxylic acids is 1. The Morgan fingerprint density at radius 2 is 2.10 bits per heavy atom. The van der Waals surface area contributed by atoms with Gasteiger partial charge < -0.3 is 9.64 Å². The highest BCUT2D eigenvalue weighted by Crippen LogP contribution is 2.26. The van der Waals surface area contributed by atoms with E-state index in [1.54, 1.807) is 0 Å². The average molecular weight is 286 g/mol. The van der Waals surface area contributed by atoms with Gasteiger partial charge in [0.25, 0.3) is 5.91 Å². The van der Waals surface area contributed by atoms with Crippen molar-refractivity contribution in [3.05, 3.63) is 29.8 Å². The molecule has 1 heterocycles.